The number of ether oxygens (including phenoxy) is 1. The number of carbonyl (C=O) groups is 2. The van der Waals surface area contributed by atoms with E-state index < -0.39 is 0 Å². The van der Waals surface area contributed by atoms with Crippen LogP contribution in [0.15, 0.2) is 67.1 Å². The van der Waals surface area contributed by atoms with E-state index in [9.17, 15) is 9.59 Å². The number of hydrogen-bond donors (Lipinski definition) is 0. The maximum Gasteiger partial charge on any atom is 0.299 e. The molecule has 2 aromatic carbocycles. The van der Waals surface area contributed by atoms with Crippen LogP contribution in [0.1, 0.15) is 60.2 Å². The number of nitrogens with zero attached hydrogens (tertiary/aromatic N) is 5. The highest BCUT2D eigenvalue weighted by molar-refractivity contribution is 5.98. The van der Waals surface area contributed by atoms with Gasteiger partial charge < -0.3 is 4.74 Å². The van der Waals surface area contributed by atoms with E-state index in [2.05, 4.69) is 16.0 Å². The molecule has 2 aliphatic heterocycles. The van der Waals surface area contributed by atoms with Crippen LogP contribution in [0.25, 0.3) is 0 Å². The molecule has 1 saturated heterocycles. The van der Waals surface area contributed by atoms with Gasteiger partial charge in [0.05, 0.1) is 5.69 Å². The zero-order valence-electron chi connectivity index (χ0n) is 19.8. The number of hydrazine groups is 2. The maximum absolute atomic E-state index is 14.2. The van der Waals surface area contributed by atoms with Crippen molar-refractivity contribution in [1.82, 2.24) is 20.1 Å². The normalized spacial score (nSPS) is 16.4. The SMILES string of the molecule is C[C@H](Oc1ncncc1C(=O)N(N1CCCCCC1=O)N1CCc2ccccc21)c1ccccc1. The lowest BCUT2D eigenvalue weighted by atomic mass is 10.1. The fourth-order valence-electron chi connectivity index (χ4n) is 4.66. The lowest BCUT2D eigenvalue weighted by molar-refractivity contribution is -0.145. The molecule has 8 nitrogen and oxygen atoms in total. The van der Waals surface area contributed by atoms with Crippen LogP contribution in [-0.4, -0.2) is 45.0 Å². The minimum absolute atomic E-state index is 0.0581. The first-order valence-electron chi connectivity index (χ1n) is 12.1. The minimum atomic E-state index is -0.382. The number of aromatic nitrogens is 2. The number of rotatable bonds is 6. The quantitative estimate of drug-likeness (QED) is 0.532. The topological polar surface area (TPSA) is 78.9 Å². The average molecular weight is 472 g/mol. The van der Waals surface area contributed by atoms with Crippen molar-refractivity contribution in [2.45, 2.75) is 45.1 Å². The number of para-hydroxylation sites is 1. The van der Waals surface area contributed by atoms with Crippen molar-refractivity contribution in [2.75, 3.05) is 18.1 Å². The second kappa shape index (κ2) is 10.1. The molecule has 3 heterocycles. The fraction of sp³-hybridized carbons (Fsp3) is 0.333. The molecule has 0 saturated carbocycles. The lowest BCUT2D eigenvalue weighted by Crippen LogP contribution is -2.58. The van der Waals surface area contributed by atoms with Crippen molar-refractivity contribution in [3.8, 4) is 5.88 Å². The van der Waals surface area contributed by atoms with Crippen molar-refractivity contribution in [1.29, 1.82) is 0 Å². The standard InChI is InChI=1S/C27H29N5O3/c1-20(21-10-4-2-5-11-21)35-26-23(18-28-19-29-26)27(34)32(31-16-9-3-6-14-25(31)33)30-17-15-22-12-7-8-13-24(22)30/h2,4-5,7-8,10-13,18-20H,3,6,9,14-17H2,1H3/t20-/m0/s1. The summed E-state index contributed by atoms with van der Waals surface area (Å²) in [7, 11) is 0. The molecule has 1 fully saturated rings. The number of fused-ring (bicyclic) bond motifs is 1. The molecular weight excluding hydrogens is 442 g/mol. The van der Waals surface area contributed by atoms with Crippen molar-refractivity contribution in [3.63, 3.8) is 0 Å². The molecule has 0 radical (unpaired) electrons. The summed E-state index contributed by atoms with van der Waals surface area (Å²) >= 11 is 0. The average Bonchev–Trinajstić information content (AvgIpc) is 3.20. The van der Waals surface area contributed by atoms with Crippen LogP contribution in [0.4, 0.5) is 5.69 Å². The van der Waals surface area contributed by atoms with Crippen molar-refractivity contribution in [2.24, 2.45) is 0 Å². The summed E-state index contributed by atoms with van der Waals surface area (Å²) < 4.78 is 6.15. The van der Waals surface area contributed by atoms with Gasteiger partial charge in [0.2, 0.25) is 11.8 Å². The molecule has 180 valence electrons. The first-order chi connectivity index (χ1) is 17.1. The second-order valence-electron chi connectivity index (χ2n) is 8.84. The van der Waals surface area contributed by atoms with Crippen LogP contribution in [-0.2, 0) is 11.2 Å². The molecule has 1 atom stereocenters. The summed E-state index contributed by atoms with van der Waals surface area (Å²) in [4.78, 5) is 35.7. The third-order valence-corrected chi connectivity index (χ3v) is 6.51. The van der Waals surface area contributed by atoms with Gasteiger partial charge in [-0.3, -0.25) is 14.6 Å². The summed E-state index contributed by atoms with van der Waals surface area (Å²) in [6.45, 7) is 2.99. The van der Waals surface area contributed by atoms with Gasteiger partial charge in [0, 0.05) is 25.7 Å². The van der Waals surface area contributed by atoms with Gasteiger partial charge in [-0.05, 0) is 43.4 Å². The Morgan fingerprint density at radius 1 is 0.971 bits per heavy atom. The van der Waals surface area contributed by atoms with Gasteiger partial charge >= 0.3 is 0 Å². The van der Waals surface area contributed by atoms with Crippen LogP contribution in [0.5, 0.6) is 5.88 Å². The fourth-order valence-corrected chi connectivity index (χ4v) is 4.66. The zero-order valence-corrected chi connectivity index (χ0v) is 19.8. The maximum atomic E-state index is 14.2. The third-order valence-electron chi connectivity index (χ3n) is 6.51. The molecule has 0 unspecified atom stereocenters. The van der Waals surface area contributed by atoms with Gasteiger partial charge in [0.1, 0.15) is 18.0 Å². The molecule has 0 spiro atoms. The summed E-state index contributed by atoms with van der Waals surface area (Å²) in [5.41, 5.74) is 3.26. The largest absolute Gasteiger partial charge is 0.469 e. The highest BCUT2D eigenvalue weighted by atomic mass is 16.5. The number of carbonyl (C=O) groups excluding carboxylic acids is 2. The zero-order chi connectivity index (χ0) is 24.2. The number of hydrogen-bond acceptors (Lipinski definition) is 6. The number of anilines is 1. The predicted molar refractivity (Wildman–Crippen MR) is 131 cm³/mol. The van der Waals surface area contributed by atoms with Crippen molar-refractivity contribution in [3.05, 3.63) is 83.8 Å². The van der Waals surface area contributed by atoms with Crippen molar-refractivity contribution >= 4 is 17.5 Å². The first-order valence-corrected chi connectivity index (χ1v) is 12.1. The van der Waals surface area contributed by atoms with E-state index in [4.69, 9.17) is 4.74 Å². The predicted octanol–water partition coefficient (Wildman–Crippen LogP) is 4.35. The Balaban J connectivity index is 1.52. The minimum Gasteiger partial charge on any atom is -0.469 e. The van der Waals surface area contributed by atoms with Gasteiger partial charge in [0.15, 0.2) is 0 Å². The number of benzene rings is 2. The lowest BCUT2D eigenvalue weighted by Gasteiger charge is -2.40. The van der Waals surface area contributed by atoms with E-state index in [0.29, 0.717) is 19.5 Å². The van der Waals surface area contributed by atoms with E-state index in [1.54, 1.807) is 5.01 Å². The Morgan fingerprint density at radius 2 is 1.77 bits per heavy atom. The highest BCUT2D eigenvalue weighted by Gasteiger charge is 2.37. The number of amides is 2. The molecule has 1 aromatic heterocycles. The van der Waals surface area contributed by atoms with Crippen LogP contribution in [0, 0.1) is 0 Å². The van der Waals surface area contributed by atoms with Gasteiger partial charge in [0.25, 0.3) is 5.91 Å². The van der Waals surface area contributed by atoms with Crippen LogP contribution >= 0.6 is 0 Å². The first kappa shape index (κ1) is 22.8. The van der Waals surface area contributed by atoms with E-state index in [1.165, 1.54) is 17.6 Å². The van der Waals surface area contributed by atoms with Crippen LogP contribution in [0.2, 0.25) is 0 Å². The van der Waals surface area contributed by atoms with E-state index in [0.717, 1.165) is 42.5 Å². The molecule has 0 bridgehead atoms. The highest BCUT2D eigenvalue weighted by Crippen LogP contribution is 2.33. The molecule has 35 heavy (non-hydrogen) atoms. The Kier molecular flexibility index (Phi) is 6.61. The Morgan fingerprint density at radius 3 is 2.63 bits per heavy atom. The van der Waals surface area contributed by atoms with Gasteiger partial charge in [-0.25, -0.2) is 15.0 Å². The Labute approximate surface area is 205 Å². The van der Waals surface area contributed by atoms with Crippen molar-refractivity contribution < 1.29 is 14.3 Å². The molecule has 8 heteroatoms. The summed E-state index contributed by atoms with van der Waals surface area (Å²) in [5, 5.41) is 4.99. The molecule has 3 aromatic rings. The molecular formula is C27H29N5O3. The molecule has 0 N–H and O–H groups in total. The summed E-state index contributed by atoms with van der Waals surface area (Å²) in [6.07, 6.45) is 6.35. The van der Waals surface area contributed by atoms with Crippen LogP contribution < -0.4 is 9.75 Å². The van der Waals surface area contributed by atoms with Crippen LogP contribution in [0.3, 0.4) is 0 Å². The Bertz CT molecular complexity index is 1200. The smallest absolute Gasteiger partial charge is 0.299 e. The van der Waals surface area contributed by atoms with E-state index >= 15 is 0 Å². The van der Waals surface area contributed by atoms with E-state index in [1.807, 2.05) is 60.5 Å². The second-order valence-corrected chi connectivity index (χ2v) is 8.84. The molecule has 2 amide bonds. The Hall–Kier alpha value is -3.94. The van der Waals surface area contributed by atoms with E-state index in [-0.39, 0.29) is 29.4 Å². The van der Waals surface area contributed by atoms with Gasteiger partial charge in [-0.1, -0.05) is 55.0 Å². The van der Waals surface area contributed by atoms with Gasteiger partial charge in [-0.15, -0.1) is 5.12 Å². The molecule has 0 aliphatic carbocycles. The monoisotopic (exact) mass is 471 g/mol. The molecule has 5 rings (SSSR count). The summed E-state index contributed by atoms with van der Waals surface area (Å²) in [6, 6.07) is 17.8. The van der Waals surface area contributed by atoms with Gasteiger partial charge in [-0.2, -0.15) is 0 Å². The molecule has 2 aliphatic rings. The third kappa shape index (κ3) is 4.69. The summed E-state index contributed by atoms with van der Waals surface area (Å²) in [5.74, 6) is -0.244.